The topological polar surface area (TPSA) is 67.5 Å². The number of rotatable bonds is 4. The predicted octanol–water partition coefficient (Wildman–Crippen LogP) is 3.09. The van der Waals surface area contributed by atoms with Crippen LogP contribution in [0, 0.1) is 6.92 Å². The Morgan fingerprint density at radius 1 is 1.15 bits per heavy atom. The van der Waals surface area contributed by atoms with Gasteiger partial charge in [0.25, 0.3) is 5.91 Å². The van der Waals surface area contributed by atoms with E-state index < -0.39 is 6.10 Å². The Hall–Kier alpha value is -3.28. The number of carbonyl (C=O) groups excluding carboxylic acids is 1. The molecule has 2 aromatic carbocycles. The maximum atomic E-state index is 13.2. The molecule has 0 saturated heterocycles. The molecule has 0 radical (unpaired) electrons. The number of aromatic nitrogens is 2. The molecule has 6 heteroatoms. The fourth-order valence-corrected chi connectivity index (χ4v) is 2.92. The molecule has 0 bridgehead atoms. The van der Waals surface area contributed by atoms with Crippen molar-refractivity contribution in [2.24, 2.45) is 0 Å². The van der Waals surface area contributed by atoms with Gasteiger partial charge in [-0.3, -0.25) is 4.79 Å². The second kappa shape index (κ2) is 6.92. The highest BCUT2D eigenvalue weighted by molar-refractivity contribution is 5.97. The van der Waals surface area contributed by atoms with Crippen molar-refractivity contribution < 1.29 is 14.3 Å². The molecule has 1 aromatic heterocycles. The molecule has 0 saturated carbocycles. The molecule has 2 heterocycles. The lowest BCUT2D eigenvalue weighted by Gasteiger charge is -2.30. The Labute approximate surface area is 151 Å². The van der Waals surface area contributed by atoms with E-state index in [2.05, 4.69) is 9.97 Å². The maximum Gasteiger partial charge on any atom is 0.272 e. The molecule has 3 aromatic rings. The summed E-state index contributed by atoms with van der Waals surface area (Å²) < 4.78 is 11.6. The van der Waals surface area contributed by atoms with Crippen molar-refractivity contribution in [2.45, 2.75) is 19.6 Å². The van der Waals surface area contributed by atoms with Gasteiger partial charge in [0, 0.05) is 11.4 Å². The van der Waals surface area contributed by atoms with Crippen LogP contribution in [-0.2, 0) is 11.3 Å². The highest BCUT2D eigenvalue weighted by Gasteiger charge is 2.32. The molecule has 1 aliphatic heterocycles. The van der Waals surface area contributed by atoms with E-state index in [1.165, 1.54) is 0 Å². The van der Waals surface area contributed by atoms with Crippen LogP contribution in [0.4, 0.5) is 5.69 Å². The van der Waals surface area contributed by atoms with Crippen LogP contribution in [0.3, 0.4) is 0 Å². The zero-order chi connectivity index (χ0) is 17.9. The van der Waals surface area contributed by atoms with E-state index in [-0.39, 0.29) is 12.5 Å². The summed E-state index contributed by atoms with van der Waals surface area (Å²) in [5.74, 6) is 1.08. The van der Waals surface area contributed by atoms with Crippen LogP contribution in [-0.4, -0.2) is 28.6 Å². The number of nitrogens with one attached hydrogen (secondary N) is 1. The number of carbonyl (C=O) groups is 1. The van der Waals surface area contributed by atoms with Crippen molar-refractivity contribution in [2.75, 3.05) is 11.5 Å². The summed E-state index contributed by atoms with van der Waals surface area (Å²) in [4.78, 5) is 22.3. The molecular weight excluding hydrogens is 330 g/mol. The van der Waals surface area contributed by atoms with Crippen molar-refractivity contribution in [1.82, 2.24) is 9.97 Å². The van der Waals surface area contributed by atoms with Crippen LogP contribution in [0.5, 0.6) is 11.5 Å². The van der Waals surface area contributed by atoms with Gasteiger partial charge in [0.15, 0.2) is 11.5 Å². The summed E-state index contributed by atoms with van der Waals surface area (Å²) in [6, 6.07) is 16.9. The number of benzene rings is 2. The Balaban J connectivity index is 1.61. The van der Waals surface area contributed by atoms with Crippen molar-refractivity contribution in [3.63, 3.8) is 0 Å². The predicted molar refractivity (Wildman–Crippen MR) is 97.3 cm³/mol. The lowest BCUT2D eigenvalue weighted by Crippen LogP contribution is -2.46. The SMILES string of the molecule is Cc1[nH]cnc1CN(C(=O)[C@@H]1COc2ccccc2O1)c1ccccc1. The molecule has 6 nitrogen and oxygen atoms in total. The van der Waals surface area contributed by atoms with Gasteiger partial charge in [-0.2, -0.15) is 0 Å². The smallest absolute Gasteiger partial charge is 0.272 e. The highest BCUT2D eigenvalue weighted by Crippen LogP contribution is 2.32. The molecule has 0 unspecified atom stereocenters. The summed E-state index contributed by atoms with van der Waals surface area (Å²) in [7, 11) is 0. The van der Waals surface area contributed by atoms with Gasteiger partial charge >= 0.3 is 0 Å². The normalized spacial score (nSPS) is 15.5. The molecule has 132 valence electrons. The molecule has 0 spiro atoms. The first-order valence-electron chi connectivity index (χ1n) is 8.46. The van der Waals surface area contributed by atoms with Gasteiger partial charge in [0.2, 0.25) is 6.10 Å². The molecule has 26 heavy (non-hydrogen) atoms. The zero-order valence-electron chi connectivity index (χ0n) is 14.4. The molecule has 0 fully saturated rings. The van der Waals surface area contributed by atoms with E-state index in [1.807, 2.05) is 55.5 Å². The minimum Gasteiger partial charge on any atom is -0.485 e. The van der Waals surface area contributed by atoms with E-state index >= 15 is 0 Å². The lowest BCUT2D eigenvalue weighted by molar-refractivity contribution is -0.127. The van der Waals surface area contributed by atoms with Gasteiger partial charge in [0.05, 0.1) is 18.6 Å². The Kier molecular flexibility index (Phi) is 4.31. The van der Waals surface area contributed by atoms with Crippen LogP contribution in [0.2, 0.25) is 0 Å². The number of imidazole rings is 1. The van der Waals surface area contributed by atoms with Gasteiger partial charge < -0.3 is 19.4 Å². The van der Waals surface area contributed by atoms with Crippen molar-refractivity contribution >= 4 is 11.6 Å². The summed E-state index contributed by atoms with van der Waals surface area (Å²) in [5.41, 5.74) is 2.55. The molecule has 1 amide bonds. The second-order valence-electron chi connectivity index (χ2n) is 6.10. The minimum absolute atomic E-state index is 0.159. The zero-order valence-corrected chi connectivity index (χ0v) is 14.4. The van der Waals surface area contributed by atoms with E-state index in [0.29, 0.717) is 18.0 Å². The summed E-state index contributed by atoms with van der Waals surface area (Å²) in [5, 5.41) is 0. The number of hydrogen-bond donors (Lipinski definition) is 1. The number of aryl methyl sites for hydroxylation is 1. The van der Waals surface area contributed by atoms with Crippen LogP contribution in [0.1, 0.15) is 11.4 Å². The molecule has 0 aliphatic carbocycles. The largest absolute Gasteiger partial charge is 0.485 e. The number of fused-ring (bicyclic) bond motifs is 1. The Morgan fingerprint density at radius 2 is 1.88 bits per heavy atom. The minimum atomic E-state index is -0.704. The van der Waals surface area contributed by atoms with E-state index in [1.54, 1.807) is 17.3 Å². The van der Waals surface area contributed by atoms with Gasteiger partial charge in [-0.05, 0) is 31.2 Å². The van der Waals surface area contributed by atoms with Crippen LogP contribution < -0.4 is 14.4 Å². The standard InChI is InChI=1S/C20H19N3O3/c1-14-16(22-13-21-14)11-23(15-7-3-2-4-8-15)20(24)19-12-25-17-9-5-6-10-18(17)26-19/h2-10,13,19H,11-12H2,1H3,(H,21,22)/t19-/m0/s1. The van der Waals surface area contributed by atoms with Gasteiger partial charge in [-0.25, -0.2) is 4.98 Å². The van der Waals surface area contributed by atoms with E-state index in [4.69, 9.17) is 9.47 Å². The summed E-state index contributed by atoms with van der Waals surface area (Å²) in [6.45, 7) is 2.48. The van der Waals surface area contributed by atoms with Crippen LogP contribution in [0.25, 0.3) is 0 Å². The number of ether oxygens (including phenoxy) is 2. The average molecular weight is 349 g/mol. The number of para-hydroxylation sites is 3. The van der Waals surface area contributed by atoms with Crippen LogP contribution >= 0.6 is 0 Å². The third-order valence-electron chi connectivity index (χ3n) is 4.36. The van der Waals surface area contributed by atoms with E-state index in [0.717, 1.165) is 17.1 Å². The number of H-pyrrole nitrogens is 1. The molecule has 1 aliphatic rings. The quantitative estimate of drug-likeness (QED) is 0.786. The number of amides is 1. The third-order valence-corrected chi connectivity index (χ3v) is 4.36. The third kappa shape index (κ3) is 3.13. The monoisotopic (exact) mass is 349 g/mol. The van der Waals surface area contributed by atoms with Crippen molar-refractivity contribution in [3.8, 4) is 11.5 Å². The first kappa shape index (κ1) is 16.2. The fourth-order valence-electron chi connectivity index (χ4n) is 2.92. The summed E-state index contributed by atoms with van der Waals surface area (Å²) >= 11 is 0. The average Bonchev–Trinajstić information content (AvgIpc) is 3.10. The Morgan fingerprint density at radius 3 is 2.62 bits per heavy atom. The Bertz CT molecular complexity index is 907. The number of hydrogen-bond acceptors (Lipinski definition) is 4. The first-order chi connectivity index (χ1) is 12.7. The van der Waals surface area contributed by atoms with Crippen LogP contribution in [0.15, 0.2) is 60.9 Å². The molecule has 1 N–H and O–H groups in total. The van der Waals surface area contributed by atoms with Gasteiger partial charge in [0.1, 0.15) is 6.61 Å². The van der Waals surface area contributed by atoms with Crippen molar-refractivity contribution in [1.29, 1.82) is 0 Å². The number of aromatic amines is 1. The van der Waals surface area contributed by atoms with E-state index in [9.17, 15) is 4.79 Å². The maximum absolute atomic E-state index is 13.2. The molecular formula is C20H19N3O3. The highest BCUT2D eigenvalue weighted by atomic mass is 16.6. The number of nitrogens with zero attached hydrogens (tertiary/aromatic N) is 2. The van der Waals surface area contributed by atoms with Gasteiger partial charge in [-0.15, -0.1) is 0 Å². The molecule has 4 rings (SSSR count). The van der Waals surface area contributed by atoms with Gasteiger partial charge in [-0.1, -0.05) is 30.3 Å². The number of anilines is 1. The lowest BCUT2D eigenvalue weighted by atomic mass is 10.2. The second-order valence-corrected chi connectivity index (χ2v) is 6.10. The first-order valence-corrected chi connectivity index (χ1v) is 8.46. The summed E-state index contributed by atoms with van der Waals surface area (Å²) in [6.07, 6.45) is 0.929. The molecule has 1 atom stereocenters. The fraction of sp³-hybridized carbons (Fsp3) is 0.200. The van der Waals surface area contributed by atoms with Crippen molar-refractivity contribution in [3.05, 3.63) is 72.3 Å².